The minimum absolute atomic E-state index is 0.0622. The van der Waals surface area contributed by atoms with Crippen molar-refractivity contribution in [1.29, 1.82) is 0 Å². The topological polar surface area (TPSA) is 114 Å². The molecule has 1 aliphatic carbocycles. The third-order valence-corrected chi connectivity index (χ3v) is 5.12. The van der Waals surface area contributed by atoms with Crippen molar-refractivity contribution < 1.29 is 9.90 Å². The molecule has 0 saturated heterocycles. The molecule has 3 N–H and O–H groups in total. The van der Waals surface area contributed by atoms with Gasteiger partial charge in [0.05, 0.1) is 11.7 Å². The second kappa shape index (κ2) is 7.72. The van der Waals surface area contributed by atoms with Crippen LogP contribution < -0.4 is 16.2 Å². The Morgan fingerprint density at radius 3 is 2.68 bits per heavy atom. The molecule has 0 spiro atoms. The minimum atomic E-state index is -0.568. The predicted octanol–water partition coefficient (Wildman–Crippen LogP) is 2.71. The fraction of sp³-hybridized carbons (Fsp3) is 0.455. The van der Waals surface area contributed by atoms with Crippen molar-refractivity contribution in [2.45, 2.75) is 59.2 Å². The molecule has 9 nitrogen and oxygen atoms in total. The summed E-state index contributed by atoms with van der Waals surface area (Å²) >= 11 is 0. The van der Waals surface area contributed by atoms with Crippen LogP contribution in [0.3, 0.4) is 0 Å². The predicted molar refractivity (Wildman–Crippen MR) is 117 cm³/mol. The summed E-state index contributed by atoms with van der Waals surface area (Å²) in [6, 6.07) is 7.27. The van der Waals surface area contributed by atoms with E-state index >= 15 is 0 Å². The van der Waals surface area contributed by atoms with Gasteiger partial charge in [-0.15, -0.1) is 5.10 Å². The number of pyridine rings is 1. The SMILES string of the molecule is C[C@H](Nc1cc2n(CC(C)(C)C)c(=O)c(C(=O)NC3CC3)c(O)n2n1)c1ccccn1. The van der Waals surface area contributed by atoms with Gasteiger partial charge in [0.1, 0.15) is 5.65 Å². The maximum absolute atomic E-state index is 13.2. The average molecular weight is 425 g/mol. The van der Waals surface area contributed by atoms with Crippen molar-refractivity contribution in [3.8, 4) is 5.88 Å². The van der Waals surface area contributed by atoms with E-state index in [1.807, 2.05) is 45.9 Å². The Balaban J connectivity index is 1.79. The average Bonchev–Trinajstić information content (AvgIpc) is 3.41. The number of hydrogen-bond acceptors (Lipinski definition) is 6. The number of aromatic nitrogens is 4. The zero-order valence-corrected chi connectivity index (χ0v) is 18.2. The summed E-state index contributed by atoms with van der Waals surface area (Å²) in [6.45, 7) is 8.32. The van der Waals surface area contributed by atoms with Crippen LogP contribution in [0.4, 0.5) is 5.82 Å². The van der Waals surface area contributed by atoms with Crippen LogP contribution >= 0.6 is 0 Å². The molecule has 0 radical (unpaired) electrons. The Kier molecular flexibility index (Phi) is 5.20. The van der Waals surface area contributed by atoms with Crippen LogP contribution in [-0.4, -0.2) is 36.2 Å². The van der Waals surface area contributed by atoms with E-state index in [0.29, 0.717) is 18.0 Å². The first-order chi connectivity index (χ1) is 14.6. The molecular weight excluding hydrogens is 396 g/mol. The zero-order chi connectivity index (χ0) is 22.3. The van der Waals surface area contributed by atoms with Gasteiger partial charge in [-0.1, -0.05) is 26.8 Å². The van der Waals surface area contributed by atoms with Gasteiger partial charge in [0, 0.05) is 24.8 Å². The molecule has 0 bridgehead atoms. The molecule has 0 aliphatic heterocycles. The number of anilines is 1. The zero-order valence-electron chi connectivity index (χ0n) is 18.2. The quantitative estimate of drug-likeness (QED) is 0.561. The fourth-order valence-electron chi connectivity index (χ4n) is 3.47. The van der Waals surface area contributed by atoms with Crippen molar-refractivity contribution in [3.05, 3.63) is 52.1 Å². The van der Waals surface area contributed by atoms with E-state index in [0.717, 1.165) is 18.5 Å². The van der Waals surface area contributed by atoms with Gasteiger partial charge in [-0.25, -0.2) is 0 Å². The molecule has 1 atom stereocenters. The molecule has 1 aliphatic rings. The number of nitrogens with one attached hydrogen (secondary N) is 2. The highest BCUT2D eigenvalue weighted by Gasteiger charge is 2.30. The van der Waals surface area contributed by atoms with Gasteiger partial charge in [-0.05, 0) is 37.3 Å². The first-order valence-electron chi connectivity index (χ1n) is 10.5. The maximum atomic E-state index is 13.2. The van der Waals surface area contributed by atoms with Crippen LogP contribution in [0.5, 0.6) is 5.88 Å². The number of carbonyl (C=O) groups is 1. The first kappa shape index (κ1) is 20.9. The molecule has 1 amide bonds. The highest BCUT2D eigenvalue weighted by molar-refractivity contribution is 5.96. The lowest BCUT2D eigenvalue weighted by molar-refractivity contribution is 0.0944. The van der Waals surface area contributed by atoms with Gasteiger partial charge in [-0.2, -0.15) is 4.52 Å². The monoisotopic (exact) mass is 424 g/mol. The number of hydrogen-bond donors (Lipinski definition) is 3. The van der Waals surface area contributed by atoms with Crippen LogP contribution in [0.1, 0.15) is 62.6 Å². The van der Waals surface area contributed by atoms with Crippen molar-refractivity contribution >= 4 is 17.4 Å². The lowest BCUT2D eigenvalue weighted by Crippen LogP contribution is -2.37. The number of carbonyl (C=O) groups excluding carboxylic acids is 1. The standard InChI is InChI=1S/C22H28N6O3/c1-13(15-7-5-6-10-23-15)24-16-11-17-27(12-22(2,3)4)20(30)18(21(31)28(17)26-16)19(29)25-14-8-9-14/h5-7,10-11,13-14,31H,8-9,12H2,1-4H3,(H,24,26)(H,25,29)/t13-/m0/s1. The molecule has 3 heterocycles. The van der Waals surface area contributed by atoms with Gasteiger partial charge < -0.3 is 15.7 Å². The summed E-state index contributed by atoms with van der Waals surface area (Å²) in [5.74, 6) is -0.557. The van der Waals surface area contributed by atoms with Crippen molar-refractivity contribution in [3.63, 3.8) is 0 Å². The van der Waals surface area contributed by atoms with E-state index in [4.69, 9.17) is 0 Å². The second-order valence-corrected chi connectivity index (χ2v) is 9.32. The molecule has 3 aromatic rings. The summed E-state index contributed by atoms with van der Waals surface area (Å²) in [5, 5.41) is 21.3. The second-order valence-electron chi connectivity index (χ2n) is 9.32. The van der Waals surface area contributed by atoms with E-state index in [1.165, 1.54) is 9.08 Å². The Morgan fingerprint density at radius 2 is 2.06 bits per heavy atom. The Hall–Kier alpha value is -3.36. The number of nitrogens with zero attached hydrogens (tertiary/aromatic N) is 4. The lowest BCUT2D eigenvalue weighted by Gasteiger charge is -2.21. The molecule has 1 saturated carbocycles. The summed E-state index contributed by atoms with van der Waals surface area (Å²) in [5.41, 5.74) is 0.208. The molecule has 1 fully saturated rings. The van der Waals surface area contributed by atoms with Crippen LogP contribution in [0, 0.1) is 5.41 Å². The smallest absolute Gasteiger partial charge is 0.270 e. The minimum Gasteiger partial charge on any atom is -0.492 e. The van der Waals surface area contributed by atoms with E-state index < -0.39 is 17.3 Å². The number of rotatable bonds is 6. The Labute approximate surface area is 180 Å². The van der Waals surface area contributed by atoms with Crippen LogP contribution in [0.25, 0.3) is 5.65 Å². The van der Waals surface area contributed by atoms with E-state index in [9.17, 15) is 14.7 Å². The molecule has 9 heteroatoms. The van der Waals surface area contributed by atoms with Crippen molar-refractivity contribution in [2.24, 2.45) is 5.41 Å². The summed E-state index contributed by atoms with van der Waals surface area (Å²) in [7, 11) is 0. The van der Waals surface area contributed by atoms with Crippen molar-refractivity contribution in [2.75, 3.05) is 5.32 Å². The van der Waals surface area contributed by atoms with Gasteiger partial charge in [0.15, 0.2) is 11.4 Å². The Morgan fingerprint density at radius 1 is 1.32 bits per heavy atom. The Bertz CT molecular complexity index is 1170. The van der Waals surface area contributed by atoms with Gasteiger partial charge >= 0.3 is 0 Å². The normalized spacial score (nSPS) is 15.1. The highest BCUT2D eigenvalue weighted by Crippen LogP contribution is 2.26. The molecule has 0 unspecified atom stereocenters. The van der Waals surface area contributed by atoms with E-state index in [-0.39, 0.29) is 23.1 Å². The van der Waals surface area contributed by atoms with E-state index in [2.05, 4.69) is 20.7 Å². The highest BCUT2D eigenvalue weighted by atomic mass is 16.3. The van der Waals surface area contributed by atoms with Gasteiger partial charge in [0.2, 0.25) is 5.88 Å². The first-order valence-corrected chi connectivity index (χ1v) is 10.5. The summed E-state index contributed by atoms with van der Waals surface area (Å²) < 4.78 is 2.76. The lowest BCUT2D eigenvalue weighted by atomic mass is 9.97. The van der Waals surface area contributed by atoms with Crippen LogP contribution in [-0.2, 0) is 6.54 Å². The third kappa shape index (κ3) is 4.40. The maximum Gasteiger partial charge on any atom is 0.270 e. The van der Waals surface area contributed by atoms with Gasteiger partial charge in [-0.3, -0.25) is 19.1 Å². The molecular formula is C22H28N6O3. The molecule has 31 heavy (non-hydrogen) atoms. The molecule has 4 rings (SSSR count). The number of amides is 1. The summed E-state index contributed by atoms with van der Waals surface area (Å²) in [4.78, 5) is 30.3. The van der Waals surface area contributed by atoms with Gasteiger partial charge in [0.25, 0.3) is 11.5 Å². The number of fused-ring (bicyclic) bond motifs is 1. The van der Waals surface area contributed by atoms with Crippen molar-refractivity contribution in [1.82, 2.24) is 24.5 Å². The molecule has 0 aromatic carbocycles. The third-order valence-electron chi connectivity index (χ3n) is 5.12. The largest absolute Gasteiger partial charge is 0.492 e. The van der Waals surface area contributed by atoms with E-state index in [1.54, 1.807) is 12.3 Å². The number of aromatic hydroxyl groups is 1. The fourth-order valence-corrected chi connectivity index (χ4v) is 3.47. The van der Waals surface area contributed by atoms with Crippen LogP contribution in [0.2, 0.25) is 0 Å². The molecule has 3 aromatic heterocycles. The summed E-state index contributed by atoms with van der Waals surface area (Å²) in [6.07, 6.45) is 3.48. The molecule has 164 valence electrons. The van der Waals surface area contributed by atoms with Crippen LogP contribution in [0.15, 0.2) is 35.3 Å².